The van der Waals surface area contributed by atoms with Crippen LogP contribution in [0, 0.1) is 13.8 Å². The van der Waals surface area contributed by atoms with Gasteiger partial charge in [-0.1, -0.05) is 23.7 Å². The van der Waals surface area contributed by atoms with Crippen LogP contribution in [0.25, 0.3) is 10.2 Å². The predicted molar refractivity (Wildman–Crippen MR) is 101 cm³/mol. The van der Waals surface area contributed by atoms with E-state index in [0.717, 1.165) is 32.0 Å². The Labute approximate surface area is 150 Å². The highest BCUT2D eigenvalue weighted by molar-refractivity contribution is 7.18. The van der Waals surface area contributed by atoms with E-state index in [2.05, 4.69) is 0 Å². The Hall–Kier alpha value is -1.69. The lowest BCUT2D eigenvalue weighted by atomic mass is 10.2. The number of nitrogens with zero attached hydrogens (tertiary/aromatic N) is 3. The number of aryl methyl sites for hydroxylation is 2. The molecule has 2 heterocycles. The zero-order valence-corrected chi connectivity index (χ0v) is 15.8. The van der Waals surface area contributed by atoms with Crippen LogP contribution in [0.15, 0.2) is 29.1 Å². The number of hydrogen-bond donors (Lipinski definition) is 0. The van der Waals surface area contributed by atoms with Gasteiger partial charge in [0.15, 0.2) is 0 Å². The lowest BCUT2D eigenvalue weighted by molar-refractivity contribution is 0.379. The third-order valence-electron chi connectivity index (χ3n) is 4.06. The molecule has 0 N–H and O–H groups in total. The van der Waals surface area contributed by atoms with Gasteiger partial charge in [0, 0.05) is 9.90 Å². The highest BCUT2D eigenvalue weighted by atomic mass is 35.5. The molecular weight excluding hydrogens is 342 g/mol. The molecule has 0 aliphatic carbocycles. The summed E-state index contributed by atoms with van der Waals surface area (Å²) >= 11 is 7.68. The standard InChI is InChI=1S/C18H20ClN3OS/c1-11-12(2)24-17-16(11)18(23)22(15(20-17)10-21(3)4)9-13-6-5-7-14(19)8-13/h5-8H,9-10H2,1-4H3. The van der Waals surface area contributed by atoms with Crippen LogP contribution in [-0.2, 0) is 13.1 Å². The first kappa shape index (κ1) is 17.1. The summed E-state index contributed by atoms with van der Waals surface area (Å²) in [4.78, 5) is 21.9. The number of benzene rings is 1. The Bertz CT molecular complexity index is 959. The molecule has 3 aromatic rings. The van der Waals surface area contributed by atoms with E-state index in [4.69, 9.17) is 16.6 Å². The Morgan fingerprint density at radius 2 is 2.04 bits per heavy atom. The molecule has 0 aliphatic rings. The Morgan fingerprint density at radius 1 is 1.29 bits per heavy atom. The monoisotopic (exact) mass is 361 g/mol. The average molecular weight is 362 g/mol. The third kappa shape index (κ3) is 3.24. The molecule has 0 fully saturated rings. The summed E-state index contributed by atoms with van der Waals surface area (Å²) in [6.45, 7) is 5.11. The van der Waals surface area contributed by atoms with Crippen LogP contribution in [0.2, 0.25) is 5.02 Å². The van der Waals surface area contributed by atoms with Crippen molar-refractivity contribution in [2.45, 2.75) is 26.9 Å². The average Bonchev–Trinajstić information content (AvgIpc) is 2.77. The molecule has 1 aromatic carbocycles. The second kappa shape index (κ2) is 6.67. The Kier molecular flexibility index (Phi) is 4.76. The maximum Gasteiger partial charge on any atom is 0.262 e. The minimum atomic E-state index is 0.0266. The van der Waals surface area contributed by atoms with Crippen LogP contribution in [0.5, 0.6) is 0 Å². The van der Waals surface area contributed by atoms with Crippen molar-refractivity contribution in [2.75, 3.05) is 14.1 Å². The van der Waals surface area contributed by atoms with E-state index < -0.39 is 0 Å². The van der Waals surface area contributed by atoms with Crippen LogP contribution in [-0.4, -0.2) is 28.5 Å². The SMILES string of the molecule is Cc1sc2nc(CN(C)C)n(Cc3cccc(Cl)c3)c(=O)c2c1C. The van der Waals surface area contributed by atoms with Crippen molar-refractivity contribution >= 4 is 33.2 Å². The van der Waals surface area contributed by atoms with Gasteiger partial charge in [0.2, 0.25) is 0 Å². The Morgan fingerprint density at radius 3 is 2.71 bits per heavy atom. The van der Waals surface area contributed by atoms with Crippen molar-refractivity contribution in [2.24, 2.45) is 0 Å². The minimum absolute atomic E-state index is 0.0266. The molecule has 0 bridgehead atoms. The van der Waals surface area contributed by atoms with Gasteiger partial charge < -0.3 is 4.90 Å². The van der Waals surface area contributed by atoms with Crippen LogP contribution >= 0.6 is 22.9 Å². The van der Waals surface area contributed by atoms with Crippen LogP contribution < -0.4 is 5.56 Å². The first-order valence-corrected chi connectivity index (χ1v) is 8.95. The number of halogens is 1. The fourth-order valence-electron chi connectivity index (χ4n) is 2.75. The zero-order chi connectivity index (χ0) is 17.4. The van der Waals surface area contributed by atoms with Crippen molar-refractivity contribution in [3.8, 4) is 0 Å². The molecule has 3 rings (SSSR count). The first-order valence-electron chi connectivity index (χ1n) is 7.75. The zero-order valence-electron chi connectivity index (χ0n) is 14.3. The highest BCUT2D eigenvalue weighted by Gasteiger charge is 2.17. The molecule has 0 aliphatic heterocycles. The summed E-state index contributed by atoms with van der Waals surface area (Å²) in [7, 11) is 3.95. The van der Waals surface area contributed by atoms with Gasteiger partial charge in [0.05, 0.1) is 18.5 Å². The van der Waals surface area contributed by atoms with Gasteiger partial charge in [0.1, 0.15) is 10.7 Å². The number of hydrogen-bond acceptors (Lipinski definition) is 4. The van der Waals surface area contributed by atoms with E-state index in [1.165, 1.54) is 0 Å². The molecule has 0 saturated carbocycles. The second-order valence-electron chi connectivity index (χ2n) is 6.25. The van der Waals surface area contributed by atoms with Gasteiger partial charge in [0.25, 0.3) is 5.56 Å². The fraction of sp³-hybridized carbons (Fsp3) is 0.333. The topological polar surface area (TPSA) is 38.1 Å². The molecule has 0 saturated heterocycles. The predicted octanol–water partition coefficient (Wildman–Crippen LogP) is 3.84. The molecule has 0 radical (unpaired) electrons. The van der Waals surface area contributed by atoms with Crippen molar-refractivity contribution in [3.63, 3.8) is 0 Å². The van der Waals surface area contributed by atoms with E-state index in [1.54, 1.807) is 15.9 Å². The van der Waals surface area contributed by atoms with Crippen LogP contribution in [0.1, 0.15) is 21.8 Å². The summed E-state index contributed by atoms with van der Waals surface area (Å²) in [5.74, 6) is 0.777. The largest absolute Gasteiger partial charge is 0.302 e. The van der Waals surface area contributed by atoms with Crippen molar-refractivity contribution in [1.29, 1.82) is 0 Å². The molecule has 6 heteroatoms. The van der Waals surface area contributed by atoms with Crippen molar-refractivity contribution < 1.29 is 0 Å². The van der Waals surface area contributed by atoms with Gasteiger partial charge in [-0.3, -0.25) is 9.36 Å². The minimum Gasteiger partial charge on any atom is -0.302 e. The molecule has 126 valence electrons. The van der Waals surface area contributed by atoms with Gasteiger partial charge >= 0.3 is 0 Å². The second-order valence-corrected chi connectivity index (χ2v) is 7.89. The van der Waals surface area contributed by atoms with Crippen LogP contribution in [0.3, 0.4) is 0 Å². The maximum absolute atomic E-state index is 13.1. The molecule has 0 atom stereocenters. The van der Waals surface area contributed by atoms with Gasteiger partial charge in [-0.15, -0.1) is 11.3 Å². The summed E-state index contributed by atoms with van der Waals surface area (Å²) in [6.07, 6.45) is 0. The summed E-state index contributed by atoms with van der Waals surface area (Å²) in [6, 6.07) is 7.61. The third-order valence-corrected chi connectivity index (χ3v) is 5.39. The summed E-state index contributed by atoms with van der Waals surface area (Å²) < 4.78 is 1.77. The maximum atomic E-state index is 13.1. The fourth-order valence-corrected chi connectivity index (χ4v) is 4.01. The molecule has 0 amide bonds. The van der Waals surface area contributed by atoms with E-state index in [0.29, 0.717) is 18.1 Å². The molecular formula is C18H20ClN3OS. The number of fused-ring (bicyclic) bond motifs is 1. The smallest absolute Gasteiger partial charge is 0.262 e. The van der Waals surface area contributed by atoms with Crippen molar-refractivity contribution in [3.05, 3.63) is 61.5 Å². The van der Waals surface area contributed by atoms with E-state index >= 15 is 0 Å². The normalized spacial score (nSPS) is 11.6. The lowest BCUT2D eigenvalue weighted by Crippen LogP contribution is -2.28. The van der Waals surface area contributed by atoms with Gasteiger partial charge in [-0.25, -0.2) is 4.98 Å². The van der Waals surface area contributed by atoms with Gasteiger partial charge in [-0.2, -0.15) is 0 Å². The molecule has 2 aromatic heterocycles. The first-order chi connectivity index (χ1) is 11.4. The molecule has 4 nitrogen and oxygen atoms in total. The lowest BCUT2D eigenvalue weighted by Gasteiger charge is -2.16. The van der Waals surface area contributed by atoms with Crippen molar-refractivity contribution in [1.82, 2.24) is 14.5 Å². The number of rotatable bonds is 4. The van der Waals surface area contributed by atoms with E-state index in [9.17, 15) is 4.79 Å². The molecule has 0 spiro atoms. The number of aromatic nitrogens is 2. The van der Waals surface area contributed by atoms with Crippen LogP contribution in [0.4, 0.5) is 0 Å². The molecule has 24 heavy (non-hydrogen) atoms. The van der Waals surface area contributed by atoms with E-state index in [-0.39, 0.29) is 5.56 Å². The Balaban J connectivity index is 2.21. The van der Waals surface area contributed by atoms with Gasteiger partial charge in [-0.05, 0) is 51.2 Å². The van der Waals surface area contributed by atoms with E-state index in [1.807, 2.05) is 57.1 Å². The summed E-state index contributed by atoms with van der Waals surface area (Å²) in [5, 5.41) is 1.41. The number of thiophene rings is 1. The molecule has 0 unspecified atom stereocenters. The highest BCUT2D eigenvalue weighted by Crippen LogP contribution is 2.26. The summed E-state index contributed by atoms with van der Waals surface area (Å²) in [5.41, 5.74) is 2.05. The quantitative estimate of drug-likeness (QED) is 0.708.